The van der Waals surface area contributed by atoms with Crippen LogP contribution in [-0.2, 0) is 0 Å². The summed E-state index contributed by atoms with van der Waals surface area (Å²) in [5.74, 6) is -0.672. The fraction of sp³-hybridized carbons (Fsp3) is 0.500. The molecular weight excluding hydrogens is 234 g/mol. The maximum Gasteiger partial charge on any atom is 0.162 e. The molecule has 0 N–H and O–H groups in total. The van der Waals surface area contributed by atoms with E-state index in [-0.39, 0.29) is 0 Å². The average Bonchev–Trinajstić information content (AvgIpc) is 2.28. The predicted octanol–water partition coefficient (Wildman–Crippen LogP) is 4.14. The Morgan fingerprint density at radius 3 is 2.44 bits per heavy atom. The van der Waals surface area contributed by atoms with Crippen molar-refractivity contribution in [2.45, 2.75) is 25.7 Å². The molecule has 0 aliphatic heterocycles. The Morgan fingerprint density at radius 1 is 1.00 bits per heavy atom. The minimum absolute atomic E-state index is 0.372. The van der Waals surface area contributed by atoms with Crippen LogP contribution in [0.25, 0.3) is 0 Å². The summed E-state index contributed by atoms with van der Waals surface area (Å²) in [6.07, 6.45) is 4.02. The monoisotopic (exact) mass is 248 g/mol. The lowest BCUT2D eigenvalue weighted by atomic mass is 10.2. The van der Waals surface area contributed by atoms with Gasteiger partial charge in [0.15, 0.2) is 11.6 Å². The van der Waals surface area contributed by atoms with E-state index in [4.69, 9.17) is 16.3 Å². The molecule has 0 amide bonds. The van der Waals surface area contributed by atoms with Gasteiger partial charge in [-0.15, -0.1) is 11.6 Å². The van der Waals surface area contributed by atoms with Gasteiger partial charge in [0.1, 0.15) is 5.75 Å². The average molecular weight is 249 g/mol. The number of rotatable bonds is 7. The Morgan fingerprint density at radius 2 is 1.75 bits per heavy atom. The fourth-order valence-electron chi connectivity index (χ4n) is 1.31. The highest BCUT2D eigenvalue weighted by Gasteiger charge is 2.02. The molecule has 90 valence electrons. The summed E-state index contributed by atoms with van der Waals surface area (Å²) in [4.78, 5) is 0. The third kappa shape index (κ3) is 4.79. The Bertz CT molecular complexity index is 318. The first-order valence-electron chi connectivity index (χ1n) is 5.38. The van der Waals surface area contributed by atoms with Gasteiger partial charge < -0.3 is 4.74 Å². The summed E-state index contributed by atoms with van der Waals surface area (Å²) in [6, 6.07) is 3.56. The molecule has 4 heteroatoms. The first kappa shape index (κ1) is 13.2. The molecule has 0 radical (unpaired) electrons. The molecule has 16 heavy (non-hydrogen) atoms. The molecule has 0 bridgehead atoms. The molecule has 1 nitrogen and oxygen atoms in total. The van der Waals surface area contributed by atoms with Crippen molar-refractivity contribution in [3.8, 4) is 5.75 Å². The van der Waals surface area contributed by atoms with Crippen LogP contribution in [0, 0.1) is 11.6 Å². The zero-order valence-electron chi connectivity index (χ0n) is 9.02. The minimum Gasteiger partial charge on any atom is -0.493 e. The van der Waals surface area contributed by atoms with Gasteiger partial charge in [0.05, 0.1) is 6.61 Å². The second-order valence-electron chi connectivity index (χ2n) is 3.53. The maximum absolute atomic E-state index is 12.8. The van der Waals surface area contributed by atoms with Crippen LogP contribution >= 0.6 is 11.6 Å². The van der Waals surface area contributed by atoms with Gasteiger partial charge in [0, 0.05) is 11.9 Å². The van der Waals surface area contributed by atoms with Gasteiger partial charge in [-0.1, -0.05) is 12.8 Å². The van der Waals surface area contributed by atoms with Crippen LogP contribution in [0.1, 0.15) is 25.7 Å². The van der Waals surface area contributed by atoms with Crippen LogP contribution in [0.3, 0.4) is 0 Å². The molecule has 0 fully saturated rings. The van der Waals surface area contributed by atoms with Crippen molar-refractivity contribution in [1.29, 1.82) is 0 Å². The Kier molecular flexibility index (Phi) is 6.16. The number of halogens is 3. The fourth-order valence-corrected chi connectivity index (χ4v) is 1.50. The summed E-state index contributed by atoms with van der Waals surface area (Å²) in [5.41, 5.74) is 0. The summed E-state index contributed by atoms with van der Waals surface area (Å²) in [7, 11) is 0. The SMILES string of the molecule is Fc1ccc(OCCCCCCCl)cc1F. The maximum atomic E-state index is 12.8. The van der Waals surface area contributed by atoms with Crippen molar-refractivity contribution in [3.05, 3.63) is 29.8 Å². The molecule has 0 aromatic heterocycles. The number of hydrogen-bond acceptors (Lipinski definition) is 1. The van der Waals surface area contributed by atoms with E-state index in [2.05, 4.69) is 0 Å². The predicted molar refractivity (Wildman–Crippen MR) is 61.0 cm³/mol. The molecule has 0 saturated heterocycles. The van der Waals surface area contributed by atoms with Crippen LogP contribution in [0.5, 0.6) is 5.75 Å². The highest BCUT2D eigenvalue weighted by atomic mass is 35.5. The van der Waals surface area contributed by atoms with Crippen molar-refractivity contribution >= 4 is 11.6 Å². The molecular formula is C12H15ClF2O. The van der Waals surface area contributed by atoms with Gasteiger partial charge in [-0.3, -0.25) is 0 Å². The molecule has 1 aromatic rings. The van der Waals surface area contributed by atoms with Gasteiger partial charge in [-0.25, -0.2) is 8.78 Å². The summed E-state index contributed by atoms with van der Waals surface area (Å²) < 4.78 is 30.7. The van der Waals surface area contributed by atoms with Crippen LogP contribution < -0.4 is 4.74 Å². The van der Waals surface area contributed by atoms with Crippen LogP contribution in [-0.4, -0.2) is 12.5 Å². The summed E-state index contributed by atoms with van der Waals surface area (Å²) in [5, 5.41) is 0. The highest BCUT2D eigenvalue weighted by Crippen LogP contribution is 2.15. The first-order valence-corrected chi connectivity index (χ1v) is 5.91. The van der Waals surface area contributed by atoms with E-state index in [1.54, 1.807) is 0 Å². The van der Waals surface area contributed by atoms with Crippen LogP contribution in [0.15, 0.2) is 18.2 Å². The van der Waals surface area contributed by atoms with E-state index in [0.29, 0.717) is 18.2 Å². The Balaban J connectivity index is 2.19. The lowest BCUT2D eigenvalue weighted by Crippen LogP contribution is -1.98. The number of hydrogen-bond donors (Lipinski definition) is 0. The molecule has 0 aliphatic rings. The molecule has 0 aliphatic carbocycles. The van der Waals surface area contributed by atoms with E-state index in [0.717, 1.165) is 37.8 Å². The second-order valence-corrected chi connectivity index (χ2v) is 3.91. The third-order valence-electron chi connectivity index (χ3n) is 2.19. The molecule has 0 unspecified atom stereocenters. The zero-order chi connectivity index (χ0) is 11.8. The van der Waals surface area contributed by atoms with Crippen molar-refractivity contribution in [1.82, 2.24) is 0 Å². The van der Waals surface area contributed by atoms with Crippen molar-refractivity contribution in [2.24, 2.45) is 0 Å². The van der Waals surface area contributed by atoms with Crippen LogP contribution in [0.4, 0.5) is 8.78 Å². The normalized spacial score (nSPS) is 10.4. The van der Waals surface area contributed by atoms with E-state index in [1.165, 1.54) is 6.07 Å². The van der Waals surface area contributed by atoms with E-state index in [9.17, 15) is 8.78 Å². The van der Waals surface area contributed by atoms with E-state index in [1.807, 2.05) is 0 Å². The van der Waals surface area contributed by atoms with Gasteiger partial charge >= 0.3 is 0 Å². The first-order chi connectivity index (χ1) is 7.74. The second kappa shape index (κ2) is 7.44. The number of benzene rings is 1. The quantitative estimate of drug-likeness (QED) is 0.520. The smallest absolute Gasteiger partial charge is 0.162 e. The lowest BCUT2D eigenvalue weighted by Gasteiger charge is -2.06. The highest BCUT2D eigenvalue weighted by molar-refractivity contribution is 6.17. The van der Waals surface area contributed by atoms with Gasteiger partial charge in [0.25, 0.3) is 0 Å². The zero-order valence-corrected chi connectivity index (χ0v) is 9.77. The van der Waals surface area contributed by atoms with Gasteiger partial charge in [0.2, 0.25) is 0 Å². The number of ether oxygens (including phenoxy) is 1. The van der Waals surface area contributed by atoms with E-state index < -0.39 is 11.6 Å². The lowest BCUT2D eigenvalue weighted by molar-refractivity contribution is 0.302. The Labute approximate surface area is 99.4 Å². The summed E-state index contributed by atoms with van der Waals surface area (Å²) >= 11 is 5.53. The molecule has 1 aromatic carbocycles. The topological polar surface area (TPSA) is 9.23 Å². The molecule has 0 atom stereocenters. The molecule has 0 saturated carbocycles. The number of unbranched alkanes of at least 4 members (excludes halogenated alkanes) is 3. The third-order valence-corrected chi connectivity index (χ3v) is 2.46. The van der Waals surface area contributed by atoms with E-state index >= 15 is 0 Å². The Hall–Kier alpha value is -0.830. The van der Waals surface area contributed by atoms with Crippen LogP contribution in [0.2, 0.25) is 0 Å². The minimum atomic E-state index is -0.875. The molecule has 0 heterocycles. The van der Waals surface area contributed by atoms with Crippen molar-refractivity contribution in [2.75, 3.05) is 12.5 Å². The molecule has 0 spiro atoms. The largest absolute Gasteiger partial charge is 0.493 e. The molecule has 1 rings (SSSR count). The van der Waals surface area contributed by atoms with Crippen molar-refractivity contribution in [3.63, 3.8) is 0 Å². The van der Waals surface area contributed by atoms with Gasteiger partial charge in [-0.05, 0) is 25.0 Å². The standard InChI is InChI=1S/C12H15ClF2O/c13-7-3-1-2-4-8-16-10-5-6-11(14)12(15)9-10/h5-6,9H,1-4,7-8H2. The van der Waals surface area contributed by atoms with Crippen molar-refractivity contribution < 1.29 is 13.5 Å². The number of alkyl halides is 1. The van der Waals surface area contributed by atoms with Gasteiger partial charge in [-0.2, -0.15) is 0 Å². The summed E-state index contributed by atoms with van der Waals surface area (Å²) in [6.45, 7) is 0.521.